The number of aromatic nitrogens is 2. The summed E-state index contributed by atoms with van der Waals surface area (Å²) in [5.74, 6) is -1.48. The SMILES string of the molecule is C.C=CC(=O)O.Cc1nn(C2CCCCC2)c2sc(C(=O)Nc3ccc(N4CCCN(C)CC4)c(F)c3)cc12.O=C=O. The van der Waals surface area contributed by atoms with Gasteiger partial charge in [-0.15, -0.1) is 11.3 Å². The van der Waals surface area contributed by atoms with Crippen LogP contribution in [0.3, 0.4) is 0 Å². The number of likely N-dealkylation sites (N-methyl/N-ethyl adjacent to an activating group) is 1. The number of hydrogen-bond acceptors (Lipinski definition) is 8. The summed E-state index contributed by atoms with van der Waals surface area (Å²) in [6, 6.07) is 7.36. The van der Waals surface area contributed by atoms with E-state index in [0.29, 0.717) is 22.3 Å². The minimum Gasteiger partial charge on any atom is -0.478 e. The topological polar surface area (TPSA) is 125 Å². The number of aryl methyl sites for hydroxylation is 1. The lowest BCUT2D eigenvalue weighted by atomic mass is 9.96. The highest BCUT2D eigenvalue weighted by atomic mass is 32.1. The Morgan fingerprint density at radius 3 is 2.40 bits per heavy atom. The summed E-state index contributed by atoms with van der Waals surface area (Å²) < 4.78 is 17.1. The number of benzene rings is 1. The van der Waals surface area contributed by atoms with Crippen molar-refractivity contribution in [3.8, 4) is 0 Å². The number of nitrogens with zero attached hydrogens (tertiary/aromatic N) is 4. The van der Waals surface area contributed by atoms with Gasteiger partial charge in [-0.05, 0) is 64.0 Å². The molecule has 1 saturated carbocycles. The van der Waals surface area contributed by atoms with E-state index in [-0.39, 0.29) is 25.3 Å². The van der Waals surface area contributed by atoms with Gasteiger partial charge in [0.1, 0.15) is 10.6 Å². The maximum Gasteiger partial charge on any atom is 0.373 e. The Kier molecular flexibility index (Phi) is 13.5. The molecule has 1 saturated heterocycles. The minimum atomic E-state index is -0.981. The van der Waals surface area contributed by atoms with Crippen molar-refractivity contribution in [2.24, 2.45) is 0 Å². The zero-order valence-electron chi connectivity index (χ0n) is 23.4. The van der Waals surface area contributed by atoms with E-state index in [1.54, 1.807) is 12.1 Å². The molecule has 228 valence electrons. The number of hydrogen-bond donors (Lipinski definition) is 2. The molecule has 2 fully saturated rings. The Morgan fingerprint density at radius 1 is 1.12 bits per heavy atom. The van der Waals surface area contributed by atoms with Crippen LogP contribution in [0.25, 0.3) is 10.2 Å². The largest absolute Gasteiger partial charge is 0.478 e. The number of amides is 1. The van der Waals surface area contributed by atoms with Crippen LogP contribution in [0.15, 0.2) is 36.9 Å². The smallest absolute Gasteiger partial charge is 0.373 e. The second-order valence-electron chi connectivity index (χ2n) is 10.0. The van der Waals surface area contributed by atoms with Gasteiger partial charge < -0.3 is 20.2 Å². The number of carboxylic acid groups (broad SMARTS) is 1. The van der Waals surface area contributed by atoms with E-state index >= 15 is 0 Å². The van der Waals surface area contributed by atoms with Crippen molar-refractivity contribution in [1.82, 2.24) is 14.7 Å². The van der Waals surface area contributed by atoms with E-state index in [4.69, 9.17) is 19.8 Å². The van der Waals surface area contributed by atoms with Crippen molar-refractivity contribution in [3.63, 3.8) is 0 Å². The monoisotopic (exact) mass is 601 g/mol. The van der Waals surface area contributed by atoms with Gasteiger partial charge in [-0.3, -0.25) is 9.48 Å². The molecule has 1 amide bonds. The average molecular weight is 602 g/mol. The zero-order valence-corrected chi connectivity index (χ0v) is 24.2. The first-order valence-electron chi connectivity index (χ1n) is 13.6. The average Bonchev–Trinajstić information content (AvgIpc) is 3.45. The predicted octanol–water partition coefficient (Wildman–Crippen LogP) is 5.75. The van der Waals surface area contributed by atoms with Crippen LogP contribution < -0.4 is 10.2 Å². The second kappa shape index (κ2) is 16.5. The summed E-state index contributed by atoms with van der Waals surface area (Å²) in [5, 5.41) is 16.3. The van der Waals surface area contributed by atoms with Crippen LogP contribution in [0.2, 0.25) is 0 Å². The lowest BCUT2D eigenvalue weighted by Gasteiger charge is -2.23. The summed E-state index contributed by atoms with van der Waals surface area (Å²) >= 11 is 1.48. The number of aliphatic carboxylic acids is 1. The molecule has 0 spiro atoms. The Bertz CT molecular complexity index is 1390. The van der Waals surface area contributed by atoms with Crippen LogP contribution >= 0.6 is 11.3 Å². The molecule has 0 bridgehead atoms. The van der Waals surface area contributed by atoms with Crippen LogP contribution in [-0.4, -0.2) is 71.0 Å². The van der Waals surface area contributed by atoms with E-state index in [1.807, 2.05) is 13.0 Å². The summed E-state index contributed by atoms with van der Waals surface area (Å²) in [4.78, 5) is 44.6. The fraction of sp³-hybridized carbons (Fsp3) is 0.467. The van der Waals surface area contributed by atoms with Crippen LogP contribution in [0.1, 0.15) is 67.4 Å². The Balaban J connectivity index is 0.000000612. The summed E-state index contributed by atoms with van der Waals surface area (Å²) in [6.45, 7) is 8.55. The number of carbonyl (C=O) groups excluding carboxylic acids is 3. The molecule has 10 nitrogen and oxygen atoms in total. The number of fused-ring (bicyclic) bond motifs is 1. The van der Waals surface area contributed by atoms with Gasteiger partial charge in [0.25, 0.3) is 5.91 Å². The fourth-order valence-electron chi connectivity index (χ4n) is 5.08. The molecule has 3 heterocycles. The number of rotatable bonds is 5. The molecule has 0 atom stereocenters. The van der Waals surface area contributed by atoms with Gasteiger partial charge >= 0.3 is 12.1 Å². The highest BCUT2D eigenvalue weighted by Crippen LogP contribution is 2.36. The zero-order chi connectivity index (χ0) is 29.9. The lowest BCUT2D eigenvalue weighted by Crippen LogP contribution is -2.29. The first kappa shape index (κ1) is 34.3. The molecule has 2 aliphatic rings. The normalized spacial score (nSPS) is 15.5. The van der Waals surface area contributed by atoms with Crippen molar-refractivity contribution >= 4 is 51.0 Å². The molecule has 2 N–H and O–H groups in total. The van der Waals surface area contributed by atoms with Gasteiger partial charge in [0.2, 0.25) is 0 Å². The Labute approximate surface area is 249 Å². The van der Waals surface area contributed by atoms with Gasteiger partial charge in [0.15, 0.2) is 0 Å². The number of thiophene rings is 1. The van der Waals surface area contributed by atoms with Crippen molar-refractivity contribution in [1.29, 1.82) is 0 Å². The molecule has 5 rings (SSSR count). The standard InChI is InChI=1S/C25H32FN5OS.C3H4O2.CO2.CH4/c1-17-20-16-23(33-25(20)31(28-17)19-7-4-3-5-8-19)24(32)27-18-9-10-22(21(26)15-18)30-12-6-11-29(2)13-14-30;1-2-3(4)5;2-1-3;/h9-10,15-16,19H,3-8,11-14H2,1-2H3,(H,27,32);2H,1H2,(H,4,5);;1H4. The third-order valence-corrected chi connectivity index (χ3v) is 8.28. The van der Waals surface area contributed by atoms with E-state index < -0.39 is 5.97 Å². The highest BCUT2D eigenvalue weighted by molar-refractivity contribution is 7.20. The molecule has 3 aromatic rings. The van der Waals surface area contributed by atoms with Crippen molar-refractivity contribution in [2.45, 2.75) is 58.9 Å². The number of halogens is 1. The molecule has 1 aromatic carbocycles. The second-order valence-corrected chi connectivity index (χ2v) is 11.1. The summed E-state index contributed by atoms with van der Waals surface area (Å²) in [5.41, 5.74) is 2.05. The molecular weight excluding hydrogens is 561 g/mol. The third kappa shape index (κ3) is 9.07. The van der Waals surface area contributed by atoms with E-state index in [0.717, 1.165) is 67.4 Å². The quantitative estimate of drug-likeness (QED) is 0.354. The van der Waals surface area contributed by atoms with Crippen molar-refractivity contribution < 1.29 is 28.7 Å². The summed E-state index contributed by atoms with van der Waals surface area (Å²) in [7, 11) is 2.10. The predicted molar refractivity (Wildman–Crippen MR) is 163 cm³/mol. The molecule has 0 unspecified atom stereocenters. The molecular formula is C30H40FN5O5S. The summed E-state index contributed by atoms with van der Waals surface area (Å²) in [6.07, 6.45) is 8.16. The molecule has 1 aliphatic carbocycles. The fourth-order valence-corrected chi connectivity index (χ4v) is 6.21. The molecule has 12 heteroatoms. The van der Waals surface area contributed by atoms with Crippen molar-refractivity contribution in [3.05, 3.63) is 53.3 Å². The first-order chi connectivity index (χ1) is 19.7. The van der Waals surface area contributed by atoms with E-state index in [1.165, 1.54) is 36.7 Å². The van der Waals surface area contributed by atoms with Crippen LogP contribution in [0, 0.1) is 12.7 Å². The number of carboxylic acids is 1. The van der Waals surface area contributed by atoms with Gasteiger partial charge in [-0.25, -0.2) is 9.18 Å². The van der Waals surface area contributed by atoms with Crippen LogP contribution in [0.4, 0.5) is 15.8 Å². The van der Waals surface area contributed by atoms with E-state index in [9.17, 15) is 14.0 Å². The number of nitrogens with one attached hydrogen (secondary N) is 1. The molecule has 1 aliphatic heterocycles. The Morgan fingerprint density at radius 2 is 1.79 bits per heavy atom. The third-order valence-electron chi connectivity index (χ3n) is 7.15. The maximum atomic E-state index is 14.9. The number of anilines is 2. The van der Waals surface area contributed by atoms with Crippen LogP contribution in [-0.2, 0) is 14.4 Å². The first-order valence-corrected chi connectivity index (χ1v) is 14.4. The lowest BCUT2D eigenvalue weighted by molar-refractivity contribution is -0.191. The van der Waals surface area contributed by atoms with Crippen molar-refractivity contribution in [2.75, 3.05) is 43.4 Å². The Hall–Kier alpha value is -3.86. The van der Waals surface area contributed by atoms with Crippen LogP contribution in [0.5, 0.6) is 0 Å². The molecule has 0 radical (unpaired) electrons. The van der Waals surface area contributed by atoms with E-state index in [2.05, 4.69) is 33.4 Å². The maximum absolute atomic E-state index is 14.9. The number of carbonyl (C=O) groups is 2. The molecule has 42 heavy (non-hydrogen) atoms. The van der Waals surface area contributed by atoms with Gasteiger partial charge in [0.05, 0.1) is 22.3 Å². The van der Waals surface area contributed by atoms with Gasteiger partial charge in [0, 0.05) is 36.8 Å². The van der Waals surface area contributed by atoms with Gasteiger partial charge in [-0.1, -0.05) is 33.3 Å². The van der Waals surface area contributed by atoms with Gasteiger partial charge in [-0.2, -0.15) is 14.7 Å². The minimum absolute atomic E-state index is 0. The molecule has 2 aromatic heterocycles. The highest BCUT2D eigenvalue weighted by Gasteiger charge is 2.23.